The minimum atomic E-state index is -1.38. The lowest BCUT2D eigenvalue weighted by Crippen LogP contribution is -2.66. The average Bonchev–Trinajstić information content (AvgIpc) is 2.73. The van der Waals surface area contributed by atoms with Gasteiger partial charge in [-0.15, -0.1) is 0 Å². The summed E-state index contributed by atoms with van der Waals surface area (Å²) in [4.78, 5) is 36.9. The van der Waals surface area contributed by atoms with Crippen molar-refractivity contribution in [2.75, 3.05) is 6.61 Å². The Labute approximate surface area is 201 Å². The molecule has 0 aromatic heterocycles. The van der Waals surface area contributed by atoms with Crippen LogP contribution in [0.25, 0.3) is 0 Å². The number of benzene rings is 1. The first-order chi connectivity index (χ1) is 15.7. The van der Waals surface area contributed by atoms with E-state index >= 15 is 0 Å². The third-order valence-corrected chi connectivity index (χ3v) is 5.15. The fourth-order valence-electron chi connectivity index (χ4n) is 3.15. The first-order valence-corrected chi connectivity index (χ1v) is 11.3. The van der Waals surface area contributed by atoms with E-state index in [2.05, 4.69) is 5.32 Å². The van der Waals surface area contributed by atoms with E-state index in [1.807, 2.05) is 30.3 Å². The molecular formula is C25H37NO8. The molecule has 2 rings (SSSR count). The molecule has 2 N–H and O–H groups in total. The smallest absolute Gasteiger partial charge is 0.311 e. The highest BCUT2D eigenvalue weighted by molar-refractivity contribution is 5.76. The Kier molecular flexibility index (Phi) is 9.22. The zero-order valence-electron chi connectivity index (χ0n) is 21.0. The first-order valence-electron chi connectivity index (χ1n) is 11.3. The molecule has 1 aliphatic heterocycles. The summed E-state index contributed by atoms with van der Waals surface area (Å²) in [5.41, 5.74) is -0.745. The topological polar surface area (TPSA) is 120 Å². The highest BCUT2D eigenvalue weighted by Gasteiger charge is 2.50. The van der Waals surface area contributed by atoms with E-state index in [1.165, 1.54) is 6.92 Å². The standard InChI is InChI=1S/C25H37NO8/c1-15(27)26-18-20(34-23(30)25(5,6)7)19(28)17(14-32-22(29)24(2,3)4)33-21(18)31-13-16-11-9-8-10-12-16/h8-12,17-21,28H,13-14H2,1-7H3,(H,26,27)/t17-,18-,19+,20-,21+/m1/s1. The average molecular weight is 480 g/mol. The highest BCUT2D eigenvalue weighted by atomic mass is 16.7. The SMILES string of the molecule is CC(=O)N[C@H]1[C@@H](OCc2ccccc2)O[C@H](COC(=O)C(C)(C)C)[C@H](O)[C@@H]1OC(=O)C(C)(C)C. The summed E-state index contributed by atoms with van der Waals surface area (Å²) in [7, 11) is 0. The summed E-state index contributed by atoms with van der Waals surface area (Å²) in [5, 5.41) is 13.7. The van der Waals surface area contributed by atoms with E-state index in [0.29, 0.717) is 0 Å². The van der Waals surface area contributed by atoms with Gasteiger partial charge in [0.05, 0.1) is 17.4 Å². The Bertz CT molecular complexity index is 843. The van der Waals surface area contributed by atoms with Crippen molar-refractivity contribution in [1.82, 2.24) is 5.32 Å². The van der Waals surface area contributed by atoms with E-state index < -0.39 is 59.3 Å². The molecule has 1 heterocycles. The minimum Gasteiger partial charge on any atom is -0.462 e. The van der Waals surface area contributed by atoms with Gasteiger partial charge in [0.2, 0.25) is 5.91 Å². The molecule has 0 saturated carbocycles. The third-order valence-electron chi connectivity index (χ3n) is 5.15. The Morgan fingerprint density at radius 3 is 2.12 bits per heavy atom. The van der Waals surface area contributed by atoms with Crippen LogP contribution in [-0.4, -0.2) is 60.2 Å². The van der Waals surface area contributed by atoms with Crippen LogP contribution in [0.1, 0.15) is 54.0 Å². The molecule has 5 atom stereocenters. The molecule has 0 radical (unpaired) electrons. The van der Waals surface area contributed by atoms with E-state index in [0.717, 1.165) is 5.56 Å². The van der Waals surface area contributed by atoms with Crippen LogP contribution in [0.4, 0.5) is 0 Å². The van der Waals surface area contributed by atoms with Crippen molar-refractivity contribution in [2.24, 2.45) is 10.8 Å². The second-order valence-electron chi connectivity index (χ2n) is 10.5. The predicted octanol–water partition coefficient (Wildman–Crippen LogP) is 2.34. The second-order valence-corrected chi connectivity index (χ2v) is 10.5. The van der Waals surface area contributed by atoms with E-state index in [9.17, 15) is 19.5 Å². The maximum atomic E-state index is 12.7. The zero-order chi connectivity index (χ0) is 25.7. The van der Waals surface area contributed by atoms with Crippen LogP contribution >= 0.6 is 0 Å². The molecule has 0 unspecified atom stereocenters. The number of nitrogens with one attached hydrogen (secondary N) is 1. The molecular weight excluding hydrogens is 442 g/mol. The first kappa shape index (κ1) is 27.8. The molecule has 0 bridgehead atoms. The van der Waals surface area contributed by atoms with Crippen LogP contribution in [0.2, 0.25) is 0 Å². The van der Waals surface area contributed by atoms with Crippen LogP contribution in [0, 0.1) is 10.8 Å². The molecule has 34 heavy (non-hydrogen) atoms. The van der Waals surface area contributed by atoms with Crippen LogP contribution in [0.15, 0.2) is 30.3 Å². The lowest BCUT2D eigenvalue weighted by molar-refractivity contribution is -0.279. The number of carbonyl (C=O) groups excluding carboxylic acids is 3. The number of aliphatic hydroxyl groups excluding tert-OH is 1. The molecule has 1 aromatic carbocycles. The van der Waals surface area contributed by atoms with Gasteiger partial charge in [-0.2, -0.15) is 0 Å². The molecule has 0 aliphatic carbocycles. The third kappa shape index (κ3) is 7.78. The largest absolute Gasteiger partial charge is 0.462 e. The lowest BCUT2D eigenvalue weighted by atomic mass is 9.94. The molecule has 1 aliphatic rings. The normalized spacial score (nSPS) is 25.4. The van der Waals surface area contributed by atoms with E-state index in [1.54, 1.807) is 41.5 Å². The van der Waals surface area contributed by atoms with E-state index in [-0.39, 0.29) is 13.2 Å². The fourth-order valence-corrected chi connectivity index (χ4v) is 3.15. The van der Waals surface area contributed by atoms with Crippen molar-refractivity contribution in [3.05, 3.63) is 35.9 Å². The number of hydrogen-bond acceptors (Lipinski definition) is 8. The van der Waals surface area contributed by atoms with Gasteiger partial charge >= 0.3 is 11.9 Å². The van der Waals surface area contributed by atoms with Crippen LogP contribution in [0.5, 0.6) is 0 Å². The van der Waals surface area contributed by atoms with E-state index in [4.69, 9.17) is 18.9 Å². The molecule has 9 heteroatoms. The number of hydrogen-bond donors (Lipinski definition) is 2. The van der Waals surface area contributed by atoms with Crippen molar-refractivity contribution >= 4 is 17.8 Å². The van der Waals surface area contributed by atoms with Crippen molar-refractivity contribution in [2.45, 2.75) is 85.7 Å². The Morgan fingerprint density at radius 2 is 1.59 bits per heavy atom. The predicted molar refractivity (Wildman–Crippen MR) is 123 cm³/mol. The highest BCUT2D eigenvalue weighted by Crippen LogP contribution is 2.29. The monoisotopic (exact) mass is 479 g/mol. The summed E-state index contributed by atoms with van der Waals surface area (Å²) in [6, 6.07) is 8.34. The number of aliphatic hydroxyl groups is 1. The quantitative estimate of drug-likeness (QED) is 0.572. The van der Waals surface area contributed by atoms with Gasteiger partial charge in [0.15, 0.2) is 12.4 Å². The van der Waals surface area contributed by atoms with Crippen molar-refractivity contribution in [3.63, 3.8) is 0 Å². The summed E-state index contributed by atoms with van der Waals surface area (Å²) < 4.78 is 22.9. The second kappa shape index (κ2) is 11.3. The fraction of sp³-hybridized carbons (Fsp3) is 0.640. The van der Waals surface area contributed by atoms with Crippen molar-refractivity contribution in [1.29, 1.82) is 0 Å². The molecule has 9 nitrogen and oxygen atoms in total. The summed E-state index contributed by atoms with van der Waals surface area (Å²) in [5.74, 6) is -1.46. The van der Waals surface area contributed by atoms with Gasteiger partial charge in [0, 0.05) is 6.92 Å². The van der Waals surface area contributed by atoms with Crippen LogP contribution in [-0.2, 0) is 39.9 Å². The lowest BCUT2D eigenvalue weighted by Gasteiger charge is -2.44. The van der Waals surface area contributed by atoms with Gasteiger partial charge in [0.1, 0.15) is 24.9 Å². The van der Waals surface area contributed by atoms with Crippen LogP contribution in [0.3, 0.4) is 0 Å². The van der Waals surface area contributed by atoms with Gasteiger partial charge in [0.25, 0.3) is 0 Å². The number of esters is 2. The van der Waals surface area contributed by atoms with Gasteiger partial charge < -0.3 is 29.4 Å². The summed E-state index contributed by atoms with van der Waals surface area (Å²) in [6.07, 6.45) is -4.70. The van der Waals surface area contributed by atoms with Crippen LogP contribution < -0.4 is 5.32 Å². The summed E-state index contributed by atoms with van der Waals surface area (Å²) >= 11 is 0. The van der Waals surface area contributed by atoms with Gasteiger partial charge in [-0.25, -0.2) is 0 Å². The Balaban J connectivity index is 2.31. The number of amides is 1. The maximum absolute atomic E-state index is 12.7. The number of ether oxygens (including phenoxy) is 4. The number of carbonyl (C=O) groups is 3. The Hall–Kier alpha value is -2.49. The molecule has 1 amide bonds. The maximum Gasteiger partial charge on any atom is 0.311 e. The summed E-state index contributed by atoms with van der Waals surface area (Å²) in [6.45, 7) is 11.3. The van der Waals surface area contributed by atoms with Gasteiger partial charge in [-0.05, 0) is 47.1 Å². The zero-order valence-corrected chi connectivity index (χ0v) is 21.0. The van der Waals surface area contributed by atoms with Gasteiger partial charge in [-0.1, -0.05) is 30.3 Å². The molecule has 0 spiro atoms. The minimum absolute atomic E-state index is 0.145. The number of rotatable bonds is 7. The molecule has 190 valence electrons. The van der Waals surface area contributed by atoms with Crippen molar-refractivity contribution < 1.29 is 38.4 Å². The van der Waals surface area contributed by atoms with Crippen molar-refractivity contribution in [3.8, 4) is 0 Å². The van der Waals surface area contributed by atoms with Gasteiger partial charge in [-0.3, -0.25) is 14.4 Å². The Morgan fingerprint density at radius 1 is 1.00 bits per heavy atom. The molecule has 1 aromatic rings. The molecule has 1 fully saturated rings. The molecule has 1 saturated heterocycles.